The molecular formula is C16H16ClFN2O2S. The number of thioether (sulfide) groups is 1. The van der Waals surface area contributed by atoms with Crippen molar-refractivity contribution in [3.05, 3.63) is 47.6 Å². The molecule has 0 saturated carbocycles. The number of rotatable bonds is 4. The molecule has 0 aliphatic carbocycles. The summed E-state index contributed by atoms with van der Waals surface area (Å²) in [5.41, 5.74) is 7.06. The molecule has 2 unspecified atom stereocenters. The average molecular weight is 355 g/mol. The molecule has 4 nitrogen and oxygen atoms in total. The smallest absolute Gasteiger partial charge is 0.227 e. The number of aromatic nitrogens is 1. The van der Waals surface area contributed by atoms with Crippen molar-refractivity contribution in [2.24, 2.45) is 5.73 Å². The molecular weight excluding hydrogens is 339 g/mol. The van der Waals surface area contributed by atoms with Crippen LogP contribution in [0.4, 0.5) is 4.39 Å². The number of hydrogen-bond donors (Lipinski definition) is 2. The van der Waals surface area contributed by atoms with Gasteiger partial charge < -0.3 is 15.3 Å². The number of halogens is 2. The van der Waals surface area contributed by atoms with Gasteiger partial charge in [0.2, 0.25) is 5.89 Å². The molecule has 1 aromatic carbocycles. The fourth-order valence-corrected chi connectivity index (χ4v) is 3.65. The lowest BCUT2D eigenvalue weighted by Gasteiger charge is -2.13. The third-order valence-corrected chi connectivity index (χ3v) is 5.04. The van der Waals surface area contributed by atoms with Gasteiger partial charge in [0.05, 0.1) is 16.9 Å². The topological polar surface area (TPSA) is 72.3 Å². The van der Waals surface area contributed by atoms with E-state index in [-0.39, 0.29) is 12.4 Å². The third kappa shape index (κ3) is 3.45. The minimum atomic E-state index is -0.661. The SMILES string of the molecule is CC1(Cl)CC=C(c2oc(-c3ccc(F)cc3)nc2C(N)CO)S1. The monoisotopic (exact) mass is 354 g/mol. The Balaban J connectivity index is 2.03. The van der Waals surface area contributed by atoms with Gasteiger partial charge in [-0.1, -0.05) is 17.8 Å². The highest BCUT2D eigenvalue weighted by Gasteiger charge is 2.33. The molecule has 0 saturated heterocycles. The van der Waals surface area contributed by atoms with E-state index < -0.39 is 10.2 Å². The molecule has 1 aliphatic rings. The Bertz CT molecular complexity index is 743. The Morgan fingerprint density at radius 1 is 1.48 bits per heavy atom. The predicted molar refractivity (Wildman–Crippen MR) is 90.4 cm³/mol. The van der Waals surface area contributed by atoms with Crippen LogP contribution in [0.2, 0.25) is 0 Å². The summed E-state index contributed by atoms with van der Waals surface area (Å²) in [5.74, 6) is 0.517. The quantitative estimate of drug-likeness (QED) is 0.814. The summed E-state index contributed by atoms with van der Waals surface area (Å²) in [7, 11) is 0. The van der Waals surface area contributed by atoms with E-state index in [0.29, 0.717) is 29.3 Å². The summed E-state index contributed by atoms with van der Waals surface area (Å²) in [6, 6.07) is 5.18. The van der Waals surface area contributed by atoms with Crippen LogP contribution in [0.15, 0.2) is 34.8 Å². The number of nitrogens with zero attached hydrogens (tertiary/aromatic N) is 1. The zero-order chi connectivity index (χ0) is 16.6. The van der Waals surface area contributed by atoms with Crippen molar-refractivity contribution in [3.8, 4) is 11.5 Å². The first-order valence-electron chi connectivity index (χ1n) is 7.11. The van der Waals surface area contributed by atoms with E-state index in [0.717, 1.165) is 4.91 Å². The fourth-order valence-electron chi connectivity index (χ4n) is 2.29. The van der Waals surface area contributed by atoms with Crippen molar-refractivity contribution in [1.29, 1.82) is 0 Å². The van der Waals surface area contributed by atoms with Crippen LogP contribution in [-0.4, -0.2) is 20.9 Å². The number of allylic oxidation sites excluding steroid dienone is 1. The lowest BCUT2D eigenvalue weighted by atomic mass is 10.2. The molecule has 1 aliphatic heterocycles. The van der Waals surface area contributed by atoms with Gasteiger partial charge in [0.15, 0.2) is 5.76 Å². The molecule has 2 atom stereocenters. The first-order chi connectivity index (χ1) is 10.9. The number of nitrogens with two attached hydrogens (primary N) is 1. The second kappa shape index (κ2) is 6.28. The van der Waals surface area contributed by atoms with Gasteiger partial charge in [-0.05, 0) is 37.6 Å². The van der Waals surface area contributed by atoms with Gasteiger partial charge in [-0.3, -0.25) is 0 Å². The van der Waals surface area contributed by atoms with E-state index in [1.54, 1.807) is 12.1 Å². The zero-order valence-corrected chi connectivity index (χ0v) is 14.0. The number of alkyl halides is 1. The molecule has 1 aromatic heterocycles. The highest BCUT2D eigenvalue weighted by molar-refractivity contribution is 8.10. The Kier molecular flexibility index (Phi) is 4.51. The fraction of sp³-hybridized carbons (Fsp3) is 0.312. The number of aliphatic hydroxyl groups excluding tert-OH is 1. The summed E-state index contributed by atoms with van der Waals surface area (Å²) < 4.78 is 18.5. The predicted octanol–water partition coefficient (Wildman–Crippen LogP) is 3.91. The van der Waals surface area contributed by atoms with Crippen molar-refractivity contribution in [3.63, 3.8) is 0 Å². The second-order valence-corrected chi connectivity index (χ2v) is 8.11. The van der Waals surface area contributed by atoms with Crippen LogP contribution in [0.3, 0.4) is 0 Å². The molecule has 23 heavy (non-hydrogen) atoms. The van der Waals surface area contributed by atoms with Crippen LogP contribution in [-0.2, 0) is 0 Å². The summed E-state index contributed by atoms with van der Waals surface area (Å²) in [4.78, 5) is 5.25. The van der Waals surface area contributed by atoms with Gasteiger partial charge in [0.25, 0.3) is 0 Å². The minimum Gasteiger partial charge on any atom is -0.435 e. The van der Waals surface area contributed by atoms with Crippen molar-refractivity contribution in [2.75, 3.05) is 6.61 Å². The zero-order valence-electron chi connectivity index (χ0n) is 12.4. The molecule has 122 valence electrons. The molecule has 3 N–H and O–H groups in total. The van der Waals surface area contributed by atoms with E-state index in [4.69, 9.17) is 21.8 Å². The largest absolute Gasteiger partial charge is 0.435 e. The third-order valence-electron chi connectivity index (χ3n) is 3.49. The molecule has 2 aromatic rings. The molecule has 0 fully saturated rings. The molecule has 0 spiro atoms. The molecule has 2 heterocycles. The highest BCUT2D eigenvalue weighted by atomic mass is 35.5. The molecule has 7 heteroatoms. The Morgan fingerprint density at radius 2 is 2.17 bits per heavy atom. The van der Waals surface area contributed by atoms with E-state index in [1.807, 2.05) is 13.0 Å². The maximum absolute atomic E-state index is 13.1. The molecule has 0 amide bonds. The van der Waals surface area contributed by atoms with Gasteiger partial charge in [-0.2, -0.15) is 0 Å². The first-order valence-corrected chi connectivity index (χ1v) is 8.30. The standard InChI is InChI=1S/C16H16ClFN2O2S/c1-16(17)7-6-12(23-16)14-13(11(19)8-21)20-15(22-14)9-2-4-10(18)5-3-9/h2-6,11,21H,7-8,19H2,1H3. The maximum atomic E-state index is 13.1. The molecule has 0 bridgehead atoms. The minimum absolute atomic E-state index is 0.252. The van der Waals surface area contributed by atoms with Crippen molar-refractivity contribution in [2.45, 2.75) is 23.6 Å². The summed E-state index contributed by atoms with van der Waals surface area (Å²) in [6.07, 6.45) is 2.66. The first kappa shape index (κ1) is 16.5. The van der Waals surface area contributed by atoms with Crippen LogP contribution in [0, 0.1) is 5.82 Å². The number of benzene rings is 1. The van der Waals surface area contributed by atoms with Crippen LogP contribution >= 0.6 is 23.4 Å². The summed E-state index contributed by atoms with van der Waals surface area (Å²) in [5, 5.41) is 9.37. The van der Waals surface area contributed by atoms with E-state index in [1.165, 1.54) is 23.9 Å². The van der Waals surface area contributed by atoms with Gasteiger partial charge in [-0.15, -0.1) is 11.6 Å². The van der Waals surface area contributed by atoms with Gasteiger partial charge in [0.1, 0.15) is 11.5 Å². The average Bonchev–Trinajstić information content (AvgIpc) is 3.10. The number of hydrogen-bond acceptors (Lipinski definition) is 5. The van der Waals surface area contributed by atoms with E-state index in [9.17, 15) is 9.50 Å². The maximum Gasteiger partial charge on any atom is 0.227 e. The summed E-state index contributed by atoms with van der Waals surface area (Å²) >= 11 is 7.82. The van der Waals surface area contributed by atoms with Crippen LogP contribution in [0.1, 0.15) is 30.8 Å². The summed E-state index contributed by atoms with van der Waals surface area (Å²) in [6.45, 7) is 1.67. The van der Waals surface area contributed by atoms with Crippen LogP contribution in [0.25, 0.3) is 16.4 Å². The molecule has 0 radical (unpaired) electrons. The van der Waals surface area contributed by atoms with Gasteiger partial charge >= 0.3 is 0 Å². The lowest BCUT2D eigenvalue weighted by Crippen LogP contribution is -2.16. The van der Waals surface area contributed by atoms with Crippen molar-refractivity contribution < 1.29 is 13.9 Å². The normalized spacial score (nSPS) is 22.2. The van der Waals surface area contributed by atoms with Gasteiger partial charge in [0, 0.05) is 10.5 Å². The van der Waals surface area contributed by atoms with Gasteiger partial charge in [-0.25, -0.2) is 9.37 Å². The lowest BCUT2D eigenvalue weighted by molar-refractivity contribution is 0.265. The number of oxazole rings is 1. The van der Waals surface area contributed by atoms with Crippen LogP contribution < -0.4 is 5.73 Å². The van der Waals surface area contributed by atoms with Crippen molar-refractivity contribution in [1.82, 2.24) is 4.98 Å². The Labute approximate surface area is 142 Å². The number of aliphatic hydroxyl groups is 1. The Morgan fingerprint density at radius 3 is 2.74 bits per heavy atom. The van der Waals surface area contributed by atoms with Crippen molar-refractivity contribution >= 4 is 28.3 Å². The van der Waals surface area contributed by atoms with E-state index in [2.05, 4.69) is 4.98 Å². The van der Waals surface area contributed by atoms with E-state index >= 15 is 0 Å². The molecule has 3 rings (SSSR count). The Hall–Kier alpha value is -1.34. The highest BCUT2D eigenvalue weighted by Crippen LogP contribution is 2.50. The van der Waals surface area contributed by atoms with Crippen LogP contribution in [0.5, 0.6) is 0 Å². The second-order valence-electron chi connectivity index (χ2n) is 5.51.